The van der Waals surface area contributed by atoms with Gasteiger partial charge in [0, 0.05) is 12.4 Å². The molecule has 142 valence electrons. The Morgan fingerprint density at radius 2 is 2.04 bits per heavy atom. The Morgan fingerprint density at radius 3 is 2.69 bits per heavy atom. The first-order valence-corrected chi connectivity index (χ1v) is 10.3. The van der Waals surface area contributed by atoms with Gasteiger partial charge in [-0.3, -0.25) is 4.79 Å². The molecule has 0 N–H and O–H groups in total. The Hall–Kier alpha value is -1.59. The van der Waals surface area contributed by atoms with Gasteiger partial charge in [0.2, 0.25) is 0 Å². The zero-order chi connectivity index (χ0) is 19.1. The molecule has 2 aliphatic heterocycles. The van der Waals surface area contributed by atoms with E-state index >= 15 is 0 Å². The van der Waals surface area contributed by atoms with Gasteiger partial charge in [-0.25, -0.2) is 8.42 Å². The highest BCUT2D eigenvalue weighted by Crippen LogP contribution is 2.45. The number of fused-ring (bicyclic) bond motifs is 1. The van der Waals surface area contributed by atoms with Gasteiger partial charge in [-0.2, -0.15) is 18.2 Å². The summed E-state index contributed by atoms with van der Waals surface area (Å²) in [4.78, 5) is 16.9. The van der Waals surface area contributed by atoms with Crippen LogP contribution in [0.4, 0.5) is 18.9 Å². The number of hydrogen-bond acceptors (Lipinski definition) is 5. The Bertz CT molecular complexity index is 855. The second-order valence-electron chi connectivity index (χ2n) is 5.91. The Morgan fingerprint density at radius 1 is 1.35 bits per heavy atom. The van der Waals surface area contributed by atoms with Crippen LogP contribution in [0.15, 0.2) is 29.3 Å². The number of halogens is 3. The number of anilines is 1. The molecule has 0 aromatic heterocycles. The van der Waals surface area contributed by atoms with Crippen molar-refractivity contribution in [2.75, 3.05) is 30.1 Å². The number of amides is 1. The smallest absolute Gasteiger partial charge is 0.375 e. The number of sulfone groups is 1. The standard InChI is InChI=1S/C15H15F3N2O4S2/c1-24-6-13(21)19-14-20(11-7-26(22,23)8-12(11)25-14)10-5-3-2-4-9(10)15(16,17)18/h2-5,11-12H,6-8H2,1H3/t11-,12+/m0/s1. The van der Waals surface area contributed by atoms with Crippen molar-refractivity contribution in [1.29, 1.82) is 0 Å². The van der Waals surface area contributed by atoms with E-state index in [1.807, 2.05) is 0 Å². The highest BCUT2D eigenvalue weighted by Gasteiger charge is 2.51. The summed E-state index contributed by atoms with van der Waals surface area (Å²) in [6, 6.07) is 4.16. The monoisotopic (exact) mass is 408 g/mol. The van der Waals surface area contributed by atoms with Crippen LogP contribution >= 0.6 is 11.8 Å². The van der Waals surface area contributed by atoms with Crippen LogP contribution in [-0.4, -0.2) is 56.0 Å². The van der Waals surface area contributed by atoms with Gasteiger partial charge in [0.1, 0.15) is 6.61 Å². The first-order chi connectivity index (χ1) is 12.1. The molecule has 0 aliphatic carbocycles. The fourth-order valence-corrected chi connectivity index (χ4v) is 6.96. The lowest BCUT2D eigenvalue weighted by Crippen LogP contribution is -2.39. The first-order valence-electron chi connectivity index (χ1n) is 7.55. The summed E-state index contributed by atoms with van der Waals surface area (Å²) >= 11 is 1.01. The Kier molecular flexibility index (Phi) is 5.06. The van der Waals surface area contributed by atoms with Crippen LogP contribution in [0.25, 0.3) is 0 Å². The number of thioether (sulfide) groups is 1. The number of benzene rings is 1. The van der Waals surface area contributed by atoms with Crippen molar-refractivity contribution in [2.45, 2.75) is 17.5 Å². The Labute approximate surface area is 152 Å². The molecule has 11 heteroatoms. The second-order valence-corrected chi connectivity index (χ2v) is 9.27. The summed E-state index contributed by atoms with van der Waals surface area (Å²) < 4.78 is 68.9. The van der Waals surface area contributed by atoms with E-state index in [0.717, 1.165) is 17.8 Å². The maximum atomic E-state index is 13.4. The van der Waals surface area contributed by atoms with Gasteiger partial charge in [0.25, 0.3) is 5.91 Å². The van der Waals surface area contributed by atoms with Crippen molar-refractivity contribution in [3.63, 3.8) is 0 Å². The van der Waals surface area contributed by atoms with Crippen LogP contribution in [-0.2, 0) is 25.5 Å². The fraction of sp³-hybridized carbons (Fsp3) is 0.467. The largest absolute Gasteiger partial charge is 0.418 e. The summed E-state index contributed by atoms with van der Waals surface area (Å²) in [5.74, 6) is -1.09. The van der Waals surface area contributed by atoms with E-state index in [0.29, 0.717) is 0 Å². The second kappa shape index (κ2) is 6.86. The molecule has 0 radical (unpaired) electrons. The zero-order valence-electron chi connectivity index (χ0n) is 13.6. The van der Waals surface area contributed by atoms with Crippen LogP contribution in [0.5, 0.6) is 0 Å². The van der Waals surface area contributed by atoms with Crippen molar-refractivity contribution < 1.29 is 31.1 Å². The van der Waals surface area contributed by atoms with Crippen LogP contribution in [0, 0.1) is 0 Å². The van der Waals surface area contributed by atoms with E-state index in [9.17, 15) is 26.4 Å². The molecule has 0 unspecified atom stereocenters. The molecule has 2 atom stereocenters. The number of rotatable bonds is 3. The minimum atomic E-state index is -4.63. The lowest BCUT2D eigenvalue weighted by Gasteiger charge is -2.27. The molecule has 3 rings (SSSR count). The number of aliphatic imine (C=N–C) groups is 1. The number of hydrogen-bond donors (Lipinski definition) is 0. The summed E-state index contributed by atoms with van der Waals surface area (Å²) in [5.41, 5.74) is -1.11. The molecular weight excluding hydrogens is 393 g/mol. The highest BCUT2D eigenvalue weighted by molar-refractivity contribution is 8.16. The average molecular weight is 408 g/mol. The third-order valence-corrected chi connectivity index (χ3v) is 7.23. The molecule has 0 saturated carbocycles. The minimum absolute atomic E-state index is 0.0636. The molecular formula is C15H15F3N2O4S2. The number of nitrogens with zero attached hydrogens (tertiary/aromatic N) is 2. The van der Waals surface area contributed by atoms with Gasteiger partial charge in [-0.15, -0.1) is 0 Å². The van der Waals surface area contributed by atoms with E-state index in [2.05, 4.69) is 4.99 Å². The molecule has 1 amide bonds. The minimum Gasteiger partial charge on any atom is -0.375 e. The summed E-state index contributed by atoms with van der Waals surface area (Å²) in [5, 5.41) is -0.413. The summed E-state index contributed by atoms with van der Waals surface area (Å²) in [6.07, 6.45) is -4.63. The van der Waals surface area contributed by atoms with Crippen molar-refractivity contribution >= 4 is 38.4 Å². The van der Waals surface area contributed by atoms with Crippen molar-refractivity contribution in [2.24, 2.45) is 4.99 Å². The van der Waals surface area contributed by atoms with Crippen molar-refractivity contribution in [3.8, 4) is 0 Å². The molecule has 1 aromatic carbocycles. The quantitative estimate of drug-likeness (QED) is 0.761. The average Bonchev–Trinajstić information content (AvgIpc) is 2.97. The van der Waals surface area contributed by atoms with Crippen molar-refractivity contribution in [3.05, 3.63) is 29.8 Å². The molecule has 26 heavy (non-hydrogen) atoms. The lowest BCUT2D eigenvalue weighted by atomic mass is 10.1. The maximum Gasteiger partial charge on any atom is 0.418 e. The number of carbonyl (C=O) groups excluding carboxylic acids is 1. The number of ether oxygens (including phenoxy) is 1. The molecule has 2 saturated heterocycles. The number of methoxy groups -OCH3 is 1. The predicted octanol–water partition coefficient (Wildman–Crippen LogP) is 1.95. The molecule has 0 spiro atoms. The molecule has 0 bridgehead atoms. The number of amidine groups is 1. The van der Waals surface area contributed by atoms with E-state index in [1.54, 1.807) is 0 Å². The molecule has 6 nitrogen and oxygen atoms in total. The summed E-state index contributed by atoms with van der Waals surface area (Å²) in [7, 11) is -2.06. The Balaban J connectivity index is 2.09. The van der Waals surface area contributed by atoms with Crippen LogP contribution in [0.3, 0.4) is 0 Å². The van der Waals surface area contributed by atoms with Crippen molar-refractivity contribution in [1.82, 2.24) is 0 Å². The normalized spacial score (nSPS) is 26.3. The van der Waals surface area contributed by atoms with E-state index in [4.69, 9.17) is 4.74 Å². The fourth-order valence-electron chi connectivity index (χ4n) is 3.03. The molecule has 2 fully saturated rings. The van der Waals surface area contributed by atoms with Gasteiger partial charge in [-0.05, 0) is 12.1 Å². The van der Waals surface area contributed by atoms with Gasteiger partial charge in [0.05, 0.1) is 28.8 Å². The zero-order valence-corrected chi connectivity index (χ0v) is 15.2. The third kappa shape index (κ3) is 3.74. The predicted molar refractivity (Wildman–Crippen MR) is 92.1 cm³/mol. The third-order valence-electron chi connectivity index (χ3n) is 4.02. The van der Waals surface area contributed by atoms with Gasteiger partial charge < -0.3 is 9.64 Å². The molecule has 2 aliphatic rings. The molecule has 2 heterocycles. The van der Waals surface area contributed by atoms with E-state index in [1.165, 1.54) is 30.2 Å². The van der Waals surface area contributed by atoms with Gasteiger partial charge in [-0.1, -0.05) is 23.9 Å². The van der Waals surface area contributed by atoms with E-state index < -0.39 is 38.8 Å². The SMILES string of the molecule is COCC(=O)N=C1S[C@@H]2CS(=O)(=O)C[C@@H]2N1c1ccccc1C(F)(F)F. The lowest BCUT2D eigenvalue weighted by molar-refractivity contribution is -0.137. The maximum absolute atomic E-state index is 13.4. The summed E-state index contributed by atoms with van der Waals surface area (Å²) in [6.45, 7) is -0.313. The van der Waals surface area contributed by atoms with Gasteiger partial charge in [0.15, 0.2) is 15.0 Å². The molecule has 1 aromatic rings. The number of para-hydroxylation sites is 1. The van der Waals surface area contributed by atoms with Crippen LogP contribution in [0.1, 0.15) is 5.56 Å². The van der Waals surface area contributed by atoms with Crippen LogP contribution < -0.4 is 4.90 Å². The first kappa shape index (κ1) is 19.2. The number of carbonyl (C=O) groups is 1. The van der Waals surface area contributed by atoms with E-state index in [-0.39, 0.29) is 29.0 Å². The van der Waals surface area contributed by atoms with Gasteiger partial charge >= 0.3 is 6.18 Å². The van der Waals surface area contributed by atoms with Crippen LogP contribution in [0.2, 0.25) is 0 Å². The topological polar surface area (TPSA) is 76.0 Å². The highest BCUT2D eigenvalue weighted by atomic mass is 32.2. The number of alkyl halides is 3.